The average molecular weight is 343 g/mol. The molecule has 2 heterocycles. The summed E-state index contributed by atoms with van der Waals surface area (Å²) in [7, 11) is 0. The fourth-order valence-corrected chi connectivity index (χ4v) is 4.26. The van der Waals surface area contributed by atoms with E-state index in [0.717, 1.165) is 38.2 Å². The molecule has 2 rings (SSSR count). The second kappa shape index (κ2) is 8.22. The van der Waals surface area contributed by atoms with Crippen molar-refractivity contribution in [2.45, 2.75) is 49.5 Å². The summed E-state index contributed by atoms with van der Waals surface area (Å²) in [5.41, 5.74) is -0.427. The Kier molecular flexibility index (Phi) is 6.59. The van der Waals surface area contributed by atoms with Crippen LogP contribution in [0.1, 0.15) is 33.6 Å². The van der Waals surface area contributed by atoms with Gasteiger partial charge in [-0.25, -0.2) is 4.79 Å². The predicted octanol–water partition coefficient (Wildman–Crippen LogP) is 3.83. The number of thioether (sulfide) groups is 1. The van der Waals surface area contributed by atoms with Crippen molar-refractivity contribution in [1.29, 1.82) is 0 Å². The van der Waals surface area contributed by atoms with Gasteiger partial charge in [0.1, 0.15) is 5.60 Å². The fraction of sp³-hybridized carbons (Fsp3) is 0.688. The zero-order chi connectivity index (χ0) is 16.0. The molecule has 0 atom stereocenters. The first-order valence-electron chi connectivity index (χ1n) is 7.80. The Morgan fingerprint density at radius 3 is 2.77 bits per heavy atom. The van der Waals surface area contributed by atoms with Crippen molar-refractivity contribution in [2.75, 3.05) is 25.4 Å². The van der Waals surface area contributed by atoms with Crippen molar-refractivity contribution in [3.63, 3.8) is 0 Å². The van der Waals surface area contributed by atoms with Crippen LogP contribution in [0.4, 0.5) is 4.79 Å². The van der Waals surface area contributed by atoms with E-state index >= 15 is 0 Å². The number of nitrogens with one attached hydrogen (secondary N) is 1. The number of thiophene rings is 1. The van der Waals surface area contributed by atoms with E-state index in [1.807, 2.05) is 32.5 Å². The number of piperidine rings is 1. The van der Waals surface area contributed by atoms with Crippen LogP contribution in [0.15, 0.2) is 21.7 Å². The van der Waals surface area contributed by atoms with E-state index in [1.165, 1.54) is 4.21 Å². The predicted molar refractivity (Wildman–Crippen MR) is 93.9 cm³/mol. The third-order valence-corrected chi connectivity index (χ3v) is 5.57. The quantitative estimate of drug-likeness (QED) is 0.826. The second-order valence-corrected chi connectivity index (χ2v) is 8.89. The highest BCUT2D eigenvalue weighted by molar-refractivity contribution is 8.01. The third-order valence-electron chi connectivity index (χ3n) is 3.46. The van der Waals surface area contributed by atoms with E-state index in [9.17, 15) is 4.79 Å². The maximum Gasteiger partial charge on any atom is 0.407 e. The first kappa shape index (κ1) is 17.6. The molecule has 0 bridgehead atoms. The highest BCUT2D eigenvalue weighted by Gasteiger charge is 2.23. The van der Waals surface area contributed by atoms with Crippen LogP contribution in [-0.4, -0.2) is 48.0 Å². The maximum absolute atomic E-state index is 11.8. The molecular formula is C16H26N2O2S2. The SMILES string of the molecule is CC(C)(C)OC(=O)NC1CCN(CCSc2cccs2)CC1. The summed E-state index contributed by atoms with van der Waals surface area (Å²) in [5.74, 6) is 1.13. The number of likely N-dealkylation sites (tertiary alicyclic amines) is 1. The van der Waals surface area contributed by atoms with Crippen LogP contribution in [0.3, 0.4) is 0 Å². The molecule has 1 aromatic heterocycles. The first-order valence-corrected chi connectivity index (χ1v) is 9.67. The summed E-state index contributed by atoms with van der Waals surface area (Å²) >= 11 is 3.73. The highest BCUT2D eigenvalue weighted by Crippen LogP contribution is 2.23. The van der Waals surface area contributed by atoms with Gasteiger partial charge in [-0.15, -0.1) is 23.1 Å². The first-order chi connectivity index (χ1) is 10.4. The Morgan fingerprint density at radius 2 is 2.18 bits per heavy atom. The molecule has 0 saturated carbocycles. The minimum absolute atomic E-state index is 0.246. The summed E-state index contributed by atoms with van der Waals surface area (Å²) < 4.78 is 6.70. The molecule has 4 nitrogen and oxygen atoms in total. The summed E-state index contributed by atoms with van der Waals surface area (Å²) in [5, 5.41) is 5.10. The van der Waals surface area contributed by atoms with E-state index in [2.05, 4.69) is 27.7 Å². The summed E-state index contributed by atoms with van der Waals surface area (Å²) in [4.78, 5) is 14.2. The van der Waals surface area contributed by atoms with E-state index in [-0.39, 0.29) is 12.1 Å². The lowest BCUT2D eigenvalue weighted by atomic mass is 10.1. The van der Waals surface area contributed by atoms with E-state index < -0.39 is 5.60 Å². The number of alkyl carbamates (subject to hydrolysis) is 1. The molecule has 0 radical (unpaired) electrons. The van der Waals surface area contributed by atoms with Gasteiger partial charge in [0.05, 0.1) is 4.21 Å². The second-order valence-electron chi connectivity index (χ2n) is 6.54. The van der Waals surface area contributed by atoms with Crippen molar-refractivity contribution < 1.29 is 9.53 Å². The molecule has 0 spiro atoms. The monoisotopic (exact) mass is 342 g/mol. The number of amides is 1. The van der Waals surface area contributed by atoms with Gasteiger partial charge in [-0.3, -0.25) is 0 Å². The molecule has 1 saturated heterocycles. The maximum atomic E-state index is 11.8. The molecular weight excluding hydrogens is 316 g/mol. The summed E-state index contributed by atoms with van der Waals surface area (Å²) in [6, 6.07) is 4.52. The molecule has 1 N–H and O–H groups in total. The Labute approximate surface area is 141 Å². The fourth-order valence-electron chi connectivity index (χ4n) is 2.40. The number of hydrogen-bond acceptors (Lipinski definition) is 5. The van der Waals surface area contributed by atoms with Crippen LogP contribution in [0, 0.1) is 0 Å². The van der Waals surface area contributed by atoms with Gasteiger partial charge in [0.25, 0.3) is 0 Å². The van der Waals surface area contributed by atoms with Gasteiger partial charge in [0.2, 0.25) is 0 Å². The Balaban J connectivity index is 1.60. The molecule has 0 aliphatic carbocycles. The van der Waals surface area contributed by atoms with Crippen LogP contribution in [0.2, 0.25) is 0 Å². The minimum atomic E-state index is -0.427. The lowest BCUT2D eigenvalue weighted by Gasteiger charge is -2.32. The van der Waals surface area contributed by atoms with Crippen LogP contribution in [0.5, 0.6) is 0 Å². The molecule has 124 valence electrons. The highest BCUT2D eigenvalue weighted by atomic mass is 32.2. The van der Waals surface area contributed by atoms with Crippen molar-refractivity contribution in [3.05, 3.63) is 17.5 Å². The van der Waals surface area contributed by atoms with Crippen LogP contribution in [-0.2, 0) is 4.74 Å². The van der Waals surface area contributed by atoms with Gasteiger partial charge in [-0.1, -0.05) is 6.07 Å². The normalized spacial score (nSPS) is 17.4. The van der Waals surface area contributed by atoms with Crippen LogP contribution >= 0.6 is 23.1 Å². The number of carbonyl (C=O) groups is 1. The van der Waals surface area contributed by atoms with Crippen molar-refractivity contribution in [1.82, 2.24) is 10.2 Å². The standard InChI is InChI=1S/C16H26N2O2S2/c1-16(2,3)20-15(19)17-13-6-8-18(9-7-13)10-12-22-14-5-4-11-21-14/h4-5,11,13H,6-10,12H2,1-3H3,(H,17,19). The number of carbonyl (C=O) groups excluding carboxylic acids is 1. The number of hydrogen-bond donors (Lipinski definition) is 1. The van der Waals surface area contributed by atoms with E-state index in [4.69, 9.17) is 4.74 Å². The van der Waals surface area contributed by atoms with Crippen LogP contribution in [0.25, 0.3) is 0 Å². The Morgan fingerprint density at radius 1 is 1.45 bits per heavy atom. The van der Waals surface area contributed by atoms with Gasteiger partial charge in [-0.2, -0.15) is 0 Å². The van der Waals surface area contributed by atoms with Gasteiger partial charge in [-0.05, 0) is 45.1 Å². The molecule has 1 fully saturated rings. The van der Waals surface area contributed by atoms with Crippen molar-refractivity contribution in [2.24, 2.45) is 0 Å². The lowest BCUT2D eigenvalue weighted by molar-refractivity contribution is 0.0480. The van der Waals surface area contributed by atoms with Crippen LogP contribution < -0.4 is 5.32 Å². The molecule has 0 aromatic carbocycles. The van der Waals surface area contributed by atoms with E-state index in [0.29, 0.717) is 0 Å². The number of nitrogens with zero attached hydrogens (tertiary/aromatic N) is 1. The van der Waals surface area contributed by atoms with Crippen molar-refractivity contribution in [3.8, 4) is 0 Å². The lowest BCUT2D eigenvalue weighted by Crippen LogP contribution is -2.46. The van der Waals surface area contributed by atoms with Gasteiger partial charge < -0.3 is 15.0 Å². The molecule has 22 heavy (non-hydrogen) atoms. The molecule has 1 aromatic rings. The molecule has 0 unspecified atom stereocenters. The Bertz CT molecular complexity index is 449. The molecule has 6 heteroatoms. The molecule has 1 amide bonds. The third kappa shape index (κ3) is 6.58. The van der Waals surface area contributed by atoms with E-state index in [1.54, 1.807) is 11.3 Å². The van der Waals surface area contributed by atoms with Crippen molar-refractivity contribution >= 4 is 29.2 Å². The minimum Gasteiger partial charge on any atom is -0.444 e. The molecule has 1 aliphatic rings. The van der Waals surface area contributed by atoms with Gasteiger partial charge >= 0.3 is 6.09 Å². The zero-order valence-corrected chi connectivity index (χ0v) is 15.3. The zero-order valence-electron chi connectivity index (χ0n) is 13.6. The molecule has 1 aliphatic heterocycles. The largest absolute Gasteiger partial charge is 0.444 e. The topological polar surface area (TPSA) is 41.6 Å². The number of ether oxygens (including phenoxy) is 1. The average Bonchev–Trinajstić information content (AvgIpc) is 2.92. The summed E-state index contributed by atoms with van der Waals surface area (Å²) in [6.45, 7) is 8.87. The van der Waals surface area contributed by atoms with Gasteiger partial charge in [0.15, 0.2) is 0 Å². The van der Waals surface area contributed by atoms with Gasteiger partial charge in [0, 0.05) is 31.4 Å². The smallest absolute Gasteiger partial charge is 0.407 e. The summed E-state index contributed by atoms with van der Waals surface area (Å²) in [6.07, 6.45) is 1.71. The number of rotatable bonds is 5. The Hall–Kier alpha value is -0.720.